The molecule has 1 unspecified atom stereocenters. The summed E-state index contributed by atoms with van der Waals surface area (Å²) in [5, 5.41) is 5.02. The first kappa shape index (κ1) is 22.4. The van der Waals surface area contributed by atoms with Crippen molar-refractivity contribution >= 4 is 50.6 Å². The number of amides is 1. The molecule has 170 valence electrons. The van der Waals surface area contributed by atoms with Crippen molar-refractivity contribution in [2.45, 2.75) is 44.1 Å². The lowest BCUT2D eigenvalue weighted by atomic mass is 10.0. The van der Waals surface area contributed by atoms with Gasteiger partial charge in [0, 0.05) is 36.0 Å². The minimum atomic E-state index is -0.320. The van der Waals surface area contributed by atoms with Crippen LogP contribution in [-0.4, -0.2) is 32.2 Å². The molecule has 8 heteroatoms. The molecule has 1 aliphatic rings. The Labute approximate surface area is 205 Å². The number of hydrogen-bond acceptors (Lipinski definition) is 6. The quantitative estimate of drug-likeness (QED) is 0.281. The third-order valence-electron chi connectivity index (χ3n) is 6.34. The predicted octanol–water partition coefficient (Wildman–Crippen LogP) is 5.41. The minimum Gasteiger partial charge on any atom is -0.337 e. The van der Waals surface area contributed by atoms with Crippen LogP contribution in [0.4, 0.5) is 0 Å². The van der Waals surface area contributed by atoms with Crippen molar-refractivity contribution in [2.75, 3.05) is 6.54 Å². The molecule has 0 fully saturated rings. The molecule has 4 heterocycles. The van der Waals surface area contributed by atoms with E-state index in [-0.39, 0.29) is 16.7 Å². The number of thioether (sulfide) groups is 1. The SMILES string of the molecule is Cc1ccc(-c2csc3nc(SC(C)C(=O)N4CCc5sccc5C4)n(C)c(=O)c23)cc1C. The van der Waals surface area contributed by atoms with Crippen molar-refractivity contribution in [1.82, 2.24) is 14.5 Å². The van der Waals surface area contributed by atoms with Crippen molar-refractivity contribution in [3.63, 3.8) is 0 Å². The molecule has 1 amide bonds. The van der Waals surface area contributed by atoms with Gasteiger partial charge in [-0.15, -0.1) is 22.7 Å². The Bertz CT molecular complexity index is 1430. The number of thiophene rings is 2. The van der Waals surface area contributed by atoms with E-state index in [0.717, 1.165) is 28.9 Å². The monoisotopic (exact) mass is 495 g/mol. The van der Waals surface area contributed by atoms with Crippen LogP contribution in [-0.2, 0) is 24.8 Å². The lowest BCUT2D eigenvalue weighted by Crippen LogP contribution is -2.40. The van der Waals surface area contributed by atoms with E-state index >= 15 is 0 Å². The lowest BCUT2D eigenvalue weighted by molar-refractivity contribution is -0.131. The van der Waals surface area contributed by atoms with Crippen LogP contribution in [0.1, 0.15) is 28.5 Å². The van der Waals surface area contributed by atoms with Gasteiger partial charge in [-0.05, 0) is 60.9 Å². The predicted molar refractivity (Wildman–Crippen MR) is 139 cm³/mol. The van der Waals surface area contributed by atoms with Gasteiger partial charge in [0.05, 0.1) is 10.6 Å². The zero-order valence-electron chi connectivity index (χ0n) is 19.0. The Hall–Kier alpha value is -2.42. The number of rotatable bonds is 4. The second-order valence-corrected chi connectivity index (χ2v) is 11.7. The smallest absolute Gasteiger partial charge is 0.263 e. The molecule has 0 saturated carbocycles. The molecule has 3 aromatic heterocycles. The fourth-order valence-electron chi connectivity index (χ4n) is 4.18. The van der Waals surface area contributed by atoms with Crippen LogP contribution in [0, 0.1) is 13.8 Å². The summed E-state index contributed by atoms with van der Waals surface area (Å²) >= 11 is 4.61. The van der Waals surface area contributed by atoms with E-state index in [9.17, 15) is 9.59 Å². The number of nitrogens with zero attached hydrogens (tertiary/aromatic N) is 3. The van der Waals surface area contributed by atoms with Crippen LogP contribution in [0.25, 0.3) is 21.3 Å². The van der Waals surface area contributed by atoms with E-state index in [4.69, 9.17) is 4.98 Å². The number of carbonyl (C=O) groups excluding carboxylic acids is 1. The summed E-state index contributed by atoms with van der Waals surface area (Å²) in [6.45, 7) is 7.48. The molecule has 0 N–H and O–H groups in total. The van der Waals surface area contributed by atoms with E-state index in [0.29, 0.717) is 17.1 Å². The molecular weight excluding hydrogens is 470 g/mol. The highest BCUT2D eigenvalue weighted by Crippen LogP contribution is 2.34. The molecule has 0 spiro atoms. The van der Waals surface area contributed by atoms with Crippen LogP contribution in [0.5, 0.6) is 0 Å². The van der Waals surface area contributed by atoms with Gasteiger partial charge in [0.15, 0.2) is 5.16 Å². The van der Waals surface area contributed by atoms with Crippen molar-refractivity contribution in [3.8, 4) is 11.1 Å². The molecule has 5 rings (SSSR count). The summed E-state index contributed by atoms with van der Waals surface area (Å²) in [4.78, 5) is 35.3. The van der Waals surface area contributed by atoms with Gasteiger partial charge in [0.1, 0.15) is 4.83 Å². The average molecular weight is 496 g/mol. The highest BCUT2D eigenvalue weighted by molar-refractivity contribution is 8.00. The van der Waals surface area contributed by atoms with Crippen LogP contribution < -0.4 is 5.56 Å². The molecule has 33 heavy (non-hydrogen) atoms. The van der Waals surface area contributed by atoms with Crippen molar-refractivity contribution in [3.05, 3.63) is 66.9 Å². The molecule has 1 atom stereocenters. The maximum absolute atomic E-state index is 13.3. The highest BCUT2D eigenvalue weighted by atomic mass is 32.2. The van der Waals surface area contributed by atoms with Crippen LogP contribution in [0.15, 0.2) is 45.0 Å². The number of fused-ring (bicyclic) bond motifs is 2. The largest absolute Gasteiger partial charge is 0.337 e. The lowest BCUT2D eigenvalue weighted by Gasteiger charge is -2.29. The van der Waals surface area contributed by atoms with E-state index < -0.39 is 0 Å². The molecule has 0 radical (unpaired) electrons. The number of hydrogen-bond donors (Lipinski definition) is 0. The Morgan fingerprint density at radius 3 is 2.79 bits per heavy atom. The number of aryl methyl sites for hydroxylation is 2. The topological polar surface area (TPSA) is 55.2 Å². The normalized spacial score (nSPS) is 14.5. The Morgan fingerprint density at radius 2 is 2.00 bits per heavy atom. The fourth-order valence-corrected chi connectivity index (χ4v) is 7.02. The second-order valence-electron chi connectivity index (χ2n) is 8.53. The Kier molecular flexibility index (Phi) is 5.93. The standard InChI is InChI=1S/C25H25N3O2S3/c1-14-5-6-17(11-15(14)2)19-13-32-22-21(19)24(30)27(4)25(26-22)33-16(3)23(29)28-9-7-20-18(12-28)8-10-31-20/h5-6,8,10-11,13,16H,7,9,12H2,1-4H3. The molecule has 0 bridgehead atoms. The molecule has 4 aromatic rings. The van der Waals surface area contributed by atoms with Gasteiger partial charge in [-0.25, -0.2) is 4.98 Å². The summed E-state index contributed by atoms with van der Waals surface area (Å²) in [7, 11) is 1.74. The van der Waals surface area contributed by atoms with Crippen LogP contribution in [0.3, 0.4) is 0 Å². The summed E-state index contributed by atoms with van der Waals surface area (Å²) in [6, 6.07) is 8.38. The van der Waals surface area contributed by atoms with E-state index in [1.165, 1.54) is 44.7 Å². The van der Waals surface area contributed by atoms with Gasteiger partial charge in [-0.2, -0.15) is 0 Å². The molecule has 5 nitrogen and oxygen atoms in total. The first-order valence-electron chi connectivity index (χ1n) is 10.9. The van der Waals surface area contributed by atoms with Crippen molar-refractivity contribution < 1.29 is 4.79 Å². The maximum Gasteiger partial charge on any atom is 0.263 e. The van der Waals surface area contributed by atoms with Gasteiger partial charge in [-0.1, -0.05) is 30.0 Å². The summed E-state index contributed by atoms with van der Waals surface area (Å²) in [5.74, 6) is 0.0909. The van der Waals surface area contributed by atoms with E-state index in [1.54, 1.807) is 23.0 Å². The second kappa shape index (κ2) is 8.74. The van der Waals surface area contributed by atoms with E-state index in [1.807, 2.05) is 17.2 Å². The first-order chi connectivity index (χ1) is 15.8. The molecule has 0 aliphatic carbocycles. The Balaban J connectivity index is 1.42. The van der Waals surface area contributed by atoms with Gasteiger partial charge in [0.2, 0.25) is 5.91 Å². The molecule has 1 aromatic carbocycles. The average Bonchev–Trinajstić information content (AvgIpc) is 3.45. The third-order valence-corrected chi connectivity index (χ3v) is 9.37. The van der Waals surface area contributed by atoms with Gasteiger partial charge in [-0.3, -0.25) is 14.2 Å². The van der Waals surface area contributed by atoms with Crippen LogP contribution >= 0.6 is 34.4 Å². The minimum absolute atomic E-state index is 0.0717. The zero-order valence-corrected chi connectivity index (χ0v) is 21.5. The highest BCUT2D eigenvalue weighted by Gasteiger charge is 2.27. The third kappa shape index (κ3) is 4.05. The molecular formula is C25H25N3O2S3. The van der Waals surface area contributed by atoms with Crippen molar-refractivity contribution in [1.29, 1.82) is 0 Å². The molecule has 0 saturated heterocycles. The van der Waals surface area contributed by atoms with Gasteiger partial charge < -0.3 is 4.90 Å². The number of aromatic nitrogens is 2. The Morgan fingerprint density at radius 1 is 1.18 bits per heavy atom. The zero-order chi connectivity index (χ0) is 23.3. The maximum atomic E-state index is 13.3. The summed E-state index contributed by atoms with van der Waals surface area (Å²) in [5.41, 5.74) is 5.56. The number of benzene rings is 1. The number of carbonyl (C=O) groups is 1. The van der Waals surface area contributed by atoms with Crippen LogP contribution in [0.2, 0.25) is 0 Å². The summed E-state index contributed by atoms with van der Waals surface area (Å²) in [6.07, 6.45) is 0.912. The van der Waals surface area contributed by atoms with Gasteiger partial charge in [0.25, 0.3) is 5.56 Å². The molecule has 1 aliphatic heterocycles. The van der Waals surface area contributed by atoms with Crippen molar-refractivity contribution in [2.24, 2.45) is 7.05 Å². The van der Waals surface area contributed by atoms with E-state index in [2.05, 4.69) is 43.5 Å². The van der Waals surface area contributed by atoms with Gasteiger partial charge >= 0.3 is 0 Å². The first-order valence-corrected chi connectivity index (χ1v) is 13.5. The summed E-state index contributed by atoms with van der Waals surface area (Å²) < 4.78 is 1.58. The fraction of sp³-hybridized carbons (Fsp3) is 0.320.